The molecule has 14 heavy (non-hydrogen) atoms. The SMILES string of the molecule is COc1ccc2c(c1)CNC(C)(C)C2. The van der Waals surface area contributed by atoms with E-state index in [-0.39, 0.29) is 5.54 Å². The first kappa shape index (κ1) is 9.53. The van der Waals surface area contributed by atoms with Gasteiger partial charge in [0.25, 0.3) is 0 Å². The zero-order valence-electron chi connectivity index (χ0n) is 9.05. The number of ether oxygens (including phenoxy) is 1. The lowest BCUT2D eigenvalue weighted by molar-refractivity contribution is 0.360. The van der Waals surface area contributed by atoms with Gasteiger partial charge in [0.2, 0.25) is 0 Å². The number of methoxy groups -OCH3 is 1. The van der Waals surface area contributed by atoms with Gasteiger partial charge in [0, 0.05) is 12.1 Å². The summed E-state index contributed by atoms with van der Waals surface area (Å²) in [4.78, 5) is 0. The summed E-state index contributed by atoms with van der Waals surface area (Å²) in [5.74, 6) is 0.949. The van der Waals surface area contributed by atoms with Crippen LogP contribution in [0.3, 0.4) is 0 Å². The average molecular weight is 191 g/mol. The van der Waals surface area contributed by atoms with E-state index in [2.05, 4.69) is 31.3 Å². The average Bonchev–Trinajstić information content (AvgIpc) is 2.16. The maximum Gasteiger partial charge on any atom is 0.119 e. The summed E-state index contributed by atoms with van der Waals surface area (Å²) in [5, 5.41) is 3.51. The molecular formula is C12H17NO. The minimum Gasteiger partial charge on any atom is -0.497 e. The van der Waals surface area contributed by atoms with Crippen molar-refractivity contribution in [1.82, 2.24) is 5.32 Å². The van der Waals surface area contributed by atoms with Crippen molar-refractivity contribution < 1.29 is 4.74 Å². The Bertz CT molecular complexity index is 344. The van der Waals surface area contributed by atoms with Gasteiger partial charge in [0.15, 0.2) is 0 Å². The van der Waals surface area contributed by atoms with Gasteiger partial charge < -0.3 is 10.1 Å². The van der Waals surface area contributed by atoms with Crippen LogP contribution in [0.5, 0.6) is 5.75 Å². The van der Waals surface area contributed by atoms with Gasteiger partial charge >= 0.3 is 0 Å². The van der Waals surface area contributed by atoms with Crippen molar-refractivity contribution in [2.24, 2.45) is 0 Å². The Morgan fingerprint density at radius 2 is 2.07 bits per heavy atom. The molecule has 0 aliphatic carbocycles. The largest absolute Gasteiger partial charge is 0.497 e. The Kier molecular flexibility index (Phi) is 2.23. The maximum absolute atomic E-state index is 5.20. The topological polar surface area (TPSA) is 21.3 Å². The molecule has 0 atom stereocenters. The first-order valence-electron chi connectivity index (χ1n) is 5.01. The second kappa shape index (κ2) is 3.28. The third-order valence-electron chi connectivity index (χ3n) is 2.80. The molecule has 1 aromatic carbocycles. The van der Waals surface area contributed by atoms with Crippen molar-refractivity contribution in [3.05, 3.63) is 29.3 Å². The standard InChI is InChI=1S/C12H17NO/c1-12(2)7-9-4-5-11(14-3)6-10(9)8-13-12/h4-6,13H,7-8H2,1-3H3. The fourth-order valence-corrected chi connectivity index (χ4v) is 1.94. The molecule has 76 valence electrons. The Hall–Kier alpha value is -1.02. The van der Waals surface area contributed by atoms with Crippen LogP contribution in [-0.2, 0) is 13.0 Å². The van der Waals surface area contributed by atoms with Gasteiger partial charge in [-0.25, -0.2) is 0 Å². The van der Waals surface area contributed by atoms with Gasteiger partial charge in [-0.2, -0.15) is 0 Å². The smallest absolute Gasteiger partial charge is 0.119 e. The Labute approximate surface area is 85.3 Å². The second-order valence-electron chi connectivity index (χ2n) is 4.55. The third kappa shape index (κ3) is 1.75. The van der Waals surface area contributed by atoms with Crippen LogP contribution in [-0.4, -0.2) is 12.6 Å². The number of hydrogen-bond donors (Lipinski definition) is 1. The lowest BCUT2D eigenvalue weighted by atomic mass is 9.88. The molecule has 0 radical (unpaired) electrons. The van der Waals surface area contributed by atoms with Crippen LogP contribution in [0.2, 0.25) is 0 Å². The zero-order valence-corrected chi connectivity index (χ0v) is 9.05. The minimum atomic E-state index is 0.224. The van der Waals surface area contributed by atoms with Crippen LogP contribution in [0, 0.1) is 0 Å². The number of rotatable bonds is 1. The van der Waals surface area contributed by atoms with E-state index in [0.29, 0.717) is 0 Å². The van der Waals surface area contributed by atoms with Crippen LogP contribution in [0.1, 0.15) is 25.0 Å². The zero-order chi connectivity index (χ0) is 10.2. The fourth-order valence-electron chi connectivity index (χ4n) is 1.94. The molecule has 1 aromatic rings. The van der Waals surface area contributed by atoms with Crippen LogP contribution in [0.15, 0.2) is 18.2 Å². The molecule has 1 N–H and O–H groups in total. The summed E-state index contributed by atoms with van der Waals surface area (Å²) in [5.41, 5.74) is 3.03. The quantitative estimate of drug-likeness (QED) is 0.734. The Morgan fingerprint density at radius 1 is 1.29 bits per heavy atom. The highest BCUT2D eigenvalue weighted by Crippen LogP contribution is 2.25. The first-order valence-corrected chi connectivity index (χ1v) is 5.01. The highest BCUT2D eigenvalue weighted by Gasteiger charge is 2.24. The van der Waals surface area contributed by atoms with Crippen LogP contribution >= 0.6 is 0 Å². The highest BCUT2D eigenvalue weighted by molar-refractivity contribution is 5.38. The van der Waals surface area contributed by atoms with Crippen molar-refractivity contribution in [3.63, 3.8) is 0 Å². The summed E-state index contributed by atoms with van der Waals surface area (Å²) in [6.45, 7) is 5.42. The monoisotopic (exact) mass is 191 g/mol. The second-order valence-corrected chi connectivity index (χ2v) is 4.55. The van der Waals surface area contributed by atoms with Gasteiger partial charge in [-0.1, -0.05) is 6.07 Å². The number of hydrogen-bond acceptors (Lipinski definition) is 2. The van der Waals surface area contributed by atoms with Gasteiger partial charge in [0.1, 0.15) is 5.75 Å². The molecule has 0 saturated heterocycles. The predicted molar refractivity (Wildman–Crippen MR) is 57.6 cm³/mol. The molecule has 2 heteroatoms. The van der Waals surface area contributed by atoms with E-state index in [1.807, 2.05) is 6.07 Å². The van der Waals surface area contributed by atoms with Crippen LogP contribution in [0.4, 0.5) is 0 Å². The van der Waals surface area contributed by atoms with Gasteiger partial charge in [-0.3, -0.25) is 0 Å². The van der Waals surface area contributed by atoms with E-state index < -0.39 is 0 Å². The van der Waals surface area contributed by atoms with E-state index in [1.165, 1.54) is 11.1 Å². The van der Waals surface area contributed by atoms with Crippen molar-refractivity contribution in [1.29, 1.82) is 0 Å². The summed E-state index contributed by atoms with van der Waals surface area (Å²) in [7, 11) is 1.71. The molecule has 1 aliphatic rings. The van der Waals surface area contributed by atoms with Crippen molar-refractivity contribution >= 4 is 0 Å². The van der Waals surface area contributed by atoms with E-state index in [0.717, 1.165) is 18.7 Å². The molecule has 0 spiro atoms. The number of nitrogens with one attached hydrogen (secondary N) is 1. The lowest BCUT2D eigenvalue weighted by Crippen LogP contribution is -2.44. The number of benzene rings is 1. The molecule has 0 amide bonds. The molecule has 0 unspecified atom stereocenters. The predicted octanol–water partition coefficient (Wildman–Crippen LogP) is 2.12. The Morgan fingerprint density at radius 3 is 2.79 bits per heavy atom. The summed E-state index contributed by atoms with van der Waals surface area (Å²) in [6.07, 6.45) is 1.09. The molecule has 0 bridgehead atoms. The van der Waals surface area contributed by atoms with Crippen molar-refractivity contribution in [3.8, 4) is 5.75 Å². The molecule has 0 saturated carbocycles. The van der Waals surface area contributed by atoms with Gasteiger partial charge in [0.05, 0.1) is 7.11 Å². The molecule has 0 aromatic heterocycles. The Balaban J connectivity index is 2.32. The molecular weight excluding hydrogens is 174 g/mol. The molecule has 2 nitrogen and oxygen atoms in total. The van der Waals surface area contributed by atoms with E-state index in [1.54, 1.807) is 7.11 Å². The molecule has 2 rings (SSSR count). The first-order chi connectivity index (χ1) is 6.61. The van der Waals surface area contributed by atoms with E-state index in [9.17, 15) is 0 Å². The third-order valence-corrected chi connectivity index (χ3v) is 2.80. The van der Waals surface area contributed by atoms with Crippen molar-refractivity contribution in [2.45, 2.75) is 32.4 Å². The van der Waals surface area contributed by atoms with Gasteiger partial charge in [-0.15, -0.1) is 0 Å². The molecule has 1 heterocycles. The van der Waals surface area contributed by atoms with Gasteiger partial charge in [-0.05, 0) is 43.5 Å². The summed E-state index contributed by atoms with van der Waals surface area (Å²) < 4.78 is 5.20. The van der Waals surface area contributed by atoms with E-state index >= 15 is 0 Å². The number of fused-ring (bicyclic) bond motifs is 1. The summed E-state index contributed by atoms with van der Waals surface area (Å²) in [6, 6.07) is 6.34. The maximum atomic E-state index is 5.20. The molecule has 1 aliphatic heterocycles. The van der Waals surface area contributed by atoms with Crippen LogP contribution < -0.4 is 10.1 Å². The van der Waals surface area contributed by atoms with Crippen molar-refractivity contribution in [2.75, 3.05) is 7.11 Å². The minimum absolute atomic E-state index is 0.224. The highest BCUT2D eigenvalue weighted by atomic mass is 16.5. The summed E-state index contributed by atoms with van der Waals surface area (Å²) >= 11 is 0. The van der Waals surface area contributed by atoms with E-state index in [4.69, 9.17) is 4.74 Å². The fraction of sp³-hybridized carbons (Fsp3) is 0.500. The normalized spacial score (nSPS) is 18.8. The molecule has 0 fully saturated rings. The lowest BCUT2D eigenvalue weighted by Gasteiger charge is -2.33. The van der Waals surface area contributed by atoms with Crippen LogP contribution in [0.25, 0.3) is 0 Å².